The number of benzene rings is 1. The Labute approximate surface area is 173 Å². The molecule has 5 rings (SSSR count). The van der Waals surface area contributed by atoms with E-state index in [9.17, 15) is 0 Å². The first-order valence-electron chi connectivity index (χ1n) is 11.4. The fourth-order valence-corrected chi connectivity index (χ4v) is 5.73. The Hall–Kier alpha value is -1.98. The number of aromatic nitrogens is 2. The molecule has 154 valence electrons. The fourth-order valence-electron chi connectivity index (χ4n) is 5.73. The summed E-state index contributed by atoms with van der Waals surface area (Å²) in [6, 6.07) is 9.55. The Morgan fingerprint density at radius 2 is 1.69 bits per heavy atom. The van der Waals surface area contributed by atoms with Gasteiger partial charge in [-0.15, -0.1) is 0 Å². The number of ether oxygens (including phenoxy) is 1. The minimum atomic E-state index is 0.427. The van der Waals surface area contributed by atoms with Crippen LogP contribution in [0.25, 0.3) is 0 Å². The number of hydrogen-bond donors (Lipinski definition) is 1. The molecule has 1 aliphatic heterocycles. The molecule has 0 amide bonds. The number of hydrogen-bond acceptors (Lipinski definition) is 5. The van der Waals surface area contributed by atoms with E-state index in [1.807, 2.05) is 6.07 Å². The summed E-state index contributed by atoms with van der Waals surface area (Å²) in [5.74, 6) is 2.37. The summed E-state index contributed by atoms with van der Waals surface area (Å²) < 4.78 is 6.02. The lowest BCUT2D eigenvalue weighted by atomic mass is 9.69. The smallest absolute Gasteiger partial charge is 0.321 e. The predicted octanol–water partition coefficient (Wildman–Crippen LogP) is 4.67. The van der Waals surface area contributed by atoms with E-state index in [1.54, 1.807) is 12.4 Å². The molecule has 1 saturated heterocycles. The highest BCUT2D eigenvalue weighted by molar-refractivity contribution is 5.42. The summed E-state index contributed by atoms with van der Waals surface area (Å²) in [5, 5.41) is 3.50. The summed E-state index contributed by atoms with van der Waals surface area (Å²) in [4.78, 5) is 11.2. The van der Waals surface area contributed by atoms with Crippen LogP contribution < -0.4 is 10.1 Å². The molecule has 5 heteroatoms. The Bertz CT molecular complexity index is 800. The van der Waals surface area contributed by atoms with Crippen LogP contribution in [0, 0.1) is 5.92 Å². The molecule has 3 aliphatic rings. The van der Waals surface area contributed by atoms with Crippen molar-refractivity contribution in [1.82, 2.24) is 20.2 Å². The number of nitrogens with one attached hydrogen (secondary N) is 1. The van der Waals surface area contributed by atoms with Crippen LogP contribution >= 0.6 is 0 Å². The topological polar surface area (TPSA) is 50.3 Å². The molecule has 0 radical (unpaired) electrons. The van der Waals surface area contributed by atoms with E-state index >= 15 is 0 Å². The molecule has 5 nitrogen and oxygen atoms in total. The van der Waals surface area contributed by atoms with Gasteiger partial charge in [0.1, 0.15) is 5.75 Å². The lowest BCUT2D eigenvalue weighted by Gasteiger charge is -2.43. The van der Waals surface area contributed by atoms with Crippen LogP contribution in [0.3, 0.4) is 0 Å². The third kappa shape index (κ3) is 4.17. The third-order valence-electron chi connectivity index (χ3n) is 7.13. The van der Waals surface area contributed by atoms with E-state index < -0.39 is 0 Å². The van der Waals surface area contributed by atoms with E-state index in [4.69, 9.17) is 4.74 Å². The lowest BCUT2D eigenvalue weighted by Crippen LogP contribution is -2.46. The minimum absolute atomic E-state index is 0.427. The van der Waals surface area contributed by atoms with Gasteiger partial charge in [-0.1, -0.05) is 25.3 Å². The molecule has 1 aromatic heterocycles. The van der Waals surface area contributed by atoms with Crippen molar-refractivity contribution in [3.8, 4) is 11.8 Å². The lowest BCUT2D eigenvalue weighted by molar-refractivity contribution is 0.144. The van der Waals surface area contributed by atoms with Gasteiger partial charge in [-0.05, 0) is 66.8 Å². The van der Waals surface area contributed by atoms with Crippen LogP contribution in [0.1, 0.15) is 68.0 Å². The molecular formula is C24H32N4O. The first-order chi connectivity index (χ1) is 14.4. The maximum atomic E-state index is 6.02. The summed E-state index contributed by atoms with van der Waals surface area (Å²) in [6.45, 7) is 4.50. The highest BCUT2D eigenvalue weighted by Gasteiger charge is 2.35. The predicted molar refractivity (Wildman–Crippen MR) is 114 cm³/mol. The van der Waals surface area contributed by atoms with Crippen molar-refractivity contribution in [2.45, 2.75) is 56.9 Å². The number of piperazine rings is 1. The Morgan fingerprint density at radius 1 is 0.897 bits per heavy atom. The van der Waals surface area contributed by atoms with Gasteiger partial charge in [0.2, 0.25) is 0 Å². The first kappa shape index (κ1) is 19.0. The van der Waals surface area contributed by atoms with Crippen molar-refractivity contribution in [3.05, 3.63) is 47.8 Å². The van der Waals surface area contributed by atoms with Gasteiger partial charge >= 0.3 is 6.01 Å². The van der Waals surface area contributed by atoms with Gasteiger partial charge < -0.3 is 10.1 Å². The zero-order valence-electron chi connectivity index (χ0n) is 17.2. The molecule has 2 atom stereocenters. The van der Waals surface area contributed by atoms with Crippen molar-refractivity contribution in [2.24, 2.45) is 5.92 Å². The van der Waals surface area contributed by atoms with Crippen LogP contribution in [-0.2, 0) is 0 Å². The quantitative estimate of drug-likeness (QED) is 0.819. The zero-order chi connectivity index (χ0) is 19.5. The highest BCUT2D eigenvalue weighted by atomic mass is 16.5. The number of rotatable bonds is 4. The van der Waals surface area contributed by atoms with Crippen molar-refractivity contribution >= 4 is 0 Å². The highest BCUT2D eigenvalue weighted by Crippen LogP contribution is 2.48. The summed E-state index contributed by atoms with van der Waals surface area (Å²) in [7, 11) is 0. The van der Waals surface area contributed by atoms with Gasteiger partial charge in [0.15, 0.2) is 0 Å². The number of fused-ring (bicyclic) bond motifs is 1. The van der Waals surface area contributed by atoms with Crippen molar-refractivity contribution < 1.29 is 4.74 Å². The fraction of sp³-hybridized carbons (Fsp3) is 0.583. The van der Waals surface area contributed by atoms with Crippen LogP contribution in [0.4, 0.5) is 0 Å². The molecule has 1 saturated carbocycles. The second-order valence-corrected chi connectivity index (χ2v) is 8.81. The molecule has 2 unspecified atom stereocenters. The molecule has 29 heavy (non-hydrogen) atoms. The van der Waals surface area contributed by atoms with Gasteiger partial charge in [0.25, 0.3) is 0 Å². The molecule has 2 fully saturated rings. The van der Waals surface area contributed by atoms with Crippen molar-refractivity contribution in [3.63, 3.8) is 0 Å². The van der Waals surface area contributed by atoms with Gasteiger partial charge in [-0.3, -0.25) is 4.90 Å². The molecule has 0 bridgehead atoms. The van der Waals surface area contributed by atoms with E-state index in [0.717, 1.165) is 37.8 Å². The summed E-state index contributed by atoms with van der Waals surface area (Å²) in [6.07, 6.45) is 13.0. The molecule has 2 aliphatic carbocycles. The van der Waals surface area contributed by atoms with Crippen molar-refractivity contribution in [2.75, 3.05) is 26.2 Å². The zero-order valence-corrected chi connectivity index (χ0v) is 17.2. The average molecular weight is 393 g/mol. The van der Waals surface area contributed by atoms with Crippen LogP contribution in [0.5, 0.6) is 11.8 Å². The van der Waals surface area contributed by atoms with Crippen LogP contribution in [0.15, 0.2) is 36.7 Å². The van der Waals surface area contributed by atoms with E-state index in [1.165, 1.54) is 56.1 Å². The second-order valence-electron chi connectivity index (χ2n) is 8.81. The Kier molecular flexibility index (Phi) is 5.77. The Balaban J connectivity index is 1.46. The molecule has 0 spiro atoms. The maximum Gasteiger partial charge on any atom is 0.321 e. The SMILES string of the molecule is c1cnc(Oc2ccc3c(c2)C(C2CCCCC2)CCC3N2CCNCC2)nc1. The second kappa shape index (κ2) is 8.80. The standard InChI is InChI=1S/C24H32N4O/c1-2-5-18(6-3-1)20-9-10-23(28-15-13-25-14-16-28)21-8-7-19(17-22(20)21)29-24-26-11-4-12-27-24/h4,7-8,11-12,17-18,20,23,25H,1-3,5-6,9-10,13-16H2. The molecule has 1 N–H and O–H groups in total. The average Bonchev–Trinajstić information content (AvgIpc) is 2.80. The Morgan fingerprint density at radius 3 is 2.48 bits per heavy atom. The third-order valence-corrected chi connectivity index (χ3v) is 7.13. The first-order valence-corrected chi connectivity index (χ1v) is 11.4. The molecule has 2 aromatic rings. The van der Waals surface area contributed by atoms with Gasteiger partial charge in [0.05, 0.1) is 0 Å². The van der Waals surface area contributed by atoms with Gasteiger partial charge in [0, 0.05) is 44.6 Å². The van der Waals surface area contributed by atoms with Crippen molar-refractivity contribution in [1.29, 1.82) is 0 Å². The maximum absolute atomic E-state index is 6.02. The monoisotopic (exact) mass is 392 g/mol. The normalized spacial score (nSPS) is 26.1. The molecule has 1 aromatic carbocycles. The van der Waals surface area contributed by atoms with E-state index in [0.29, 0.717) is 18.0 Å². The van der Waals surface area contributed by atoms with Crippen LogP contribution in [-0.4, -0.2) is 41.0 Å². The summed E-state index contributed by atoms with van der Waals surface area (Å²) >= 11 is 0. The summed E-state index contributed by atoms with van der Waals surface area (Å²) in [5.41, 5.74) is 3.06. The largest absolute Gasteiger partial charge is 0.424 e. The molecular weight excluding hydrogens is 360 g/mol. The number of nitrogens with zero attached hydrogens (tertiary/aromatic N) is 3. The minimum Gasteiger partial charge on any atom is -0.424 e. The van der Waals surface area contributed by atoms with Gasteiger partial charge in [-0.2, -0.15) is 0 Å². The van der Waals surface area contributed by atoms with E-state index in [-0.39, 0.29) is 0 Å². The molecule has 2 heterocycles. The van der Waals surface area contributed by atoms with Gasteiger partial charge in [-0.25, -0.2) is 9.97 Å². The van der Waals surface area contributed by atoms with Crippen LogP contribution in [0.2, 0.25) is 0 Å². The van der Waals surface area contributed by atoms with E-state index in [2.05, 4.69) is 38.4 Å².